The maximum Gasteiger partial charge on any atom is 0.164 e. The van der Waals surface area contributed by atoms with E-state index in [1.54, 1.807) is 11.3 Å². The van der Waals surface area contributed by atoms with Gasteiger partial charge in [-0.3, -0.25) is 4.79 Å². The minimum atomic E-state index is 0.351. The molecule has 1 aromatic heterocycles. The van der Waals surface area contributed by atoms with Gasteiger partial charge in [0.1, 0.15) is 0 Å². The van der Waals surface area contributed by atoms with Crippen molar-refractivity contribution in [3.63, 3.8) is 0 Å². The standard InChI is InChI=1S/C11H14OS/c1-7-8(2)13-6-10(7)11(12)5-9-3-4-9/h6,9H,3-5H2,1-2H3. The van der Waals surface area contributed by atoms with E-state index in [2.05, 4.69) is 6.92 Å². The maximum atomic E-state index is 11.7. The van der Waals surface area contributed by atoms with E-state index in [0.29, 0.717) is 11.7 Å². The first-order chi connectivity index (χ1) is 6.18. The van der Waals surface area contributed by atoms with Gasteiger partial charge >= 0.3 is 0 Å². The number of hydrogen-bond donors (Lipinski definition) is 0. The fourth-order valence-electron chi connectivity index (χ4n) is 1.48. The molecule has 1 nitrogen and oxygen atoms in total. The summed E-state index contributed by atoms with van der Waals surface area (Å²) >= 11 is 1.69. The fourth-order valence-corrected chi connectivity index (χ4v) is 2.37. The van der Waals surface area contributed by atoms with Crippen LogP contribution in [0.3, 0.4) is 0 Å². The van der Waals surface area contributed by atoms with Crippen LogP contribution in [0.5, 0.6) is 0 Å². The van der Waals surface area contributed by atoms with Gasteiger partial charge < -0.3 is 0 Å². The van der Waals surface area contributed by atoms with Gasteiger partial charge in [-0.15, -0.1) is 11.3 Å². The summed E-state index contributed by atoms with van der Waals surface area (Å²) in [5.74, 6) is 1.05. The summed E-state index contributed by atoms with van der Waals surface area (Å²) in [6, 6.07) is 0. The quantitative estimate of drug-likeness (QED) is 0.674. The summed E-state index contributed by atoms with van der Waals surface area (Å²) in [6.07, 6.45) is 3.29. The molecular weight excluding hydrogens is 180 g/mol. The number of carbonyl (C=O) groups is 1. The summed E-state index contributed by atoms with van der Waals surface area (Å²) in [6.45, 7) is 4.12. The van der Waals surface area contributed by atoms with E-state index in [-0.39, 0.29) is 0 Å². The lowest BCUT2D eigenvalue weighted by Gasteiger charge is -1.98. The van der Waals surface area contributed by atoms with Crippen molar-refractivity contribution in [2.24, 2.45) is 5.92 Å². The third-order valence-corrected chi connectivity index (χ3v) is 3.77. The normalized spacial score (nSPS) is 16.2. The first kappa shape index (κ1) is 8.95. The second-order valence-corrected chi connectivity index (χ2v) is 4.99. The molecule has 1 heterocycles. The highest BCUT2D eigenvalue weighted by atomic mass is 32.1. The molecular formula is C11H14OS. The molecule has 2 rings (SSSR count). The van der Waals surface area contributed by atoms with Crippen LogP contribution >= 0.6 is 11.3 Å². The zero-order valence-corrected chi connectivity index (χ0v) is 8.91. The maximum absolute atomic E-state index is 11.7. The Bertz CT molecular complexity index is 334. The first-order valence-electron chi connectivity index (χ1n) is 4.76. The lowest BCUT2D eigenvalue weighted by molar-refractivity contribution is 0.0976. The largest absolute Gasteiger partial charge is 0.294 e. The SMILES string of the molecule is Cc1scc(C(=O)CC2CC2)c1C. The topological polar surface area (TPSA) is 17.1 Å². The van der Waals surface area contributed by atoms with Crippen LogP contribution in [-0.4, -0.2) is 5.78 Å². The van der Waals surface area contributed by atoms with Crippen molar-refractivity contribution in [2.45, 2.75) is 33.1 Å². The van der Waals surface area contributed by atoms with E-state index < -0.39 is 0 Å². The third kappa shape index (κ3) is 1.83. The molecule has 0 spiro atoms. The molecule has 1 saturated carbocycles. The second-order valence-electron chi connectivity index (χ2n) is 3.90. The first-order valence-corrected chi connectivity index (χ1v) is 5.64. The minimum Gasteiger partial charge on any atom is -0.294 e. The molecule has 0 atom stereocenters. The minimum absolute atomic E-state index is 0.351. The Morgan fingerprint density at radius 2 is 2.23 bits per heavy atom. The molecule has 13 heavy (non-hydrogen) atoms. The Balaban J connectivity index is 2.14. The van der Waals surface area contributed by atoms with Gasteiger partial charge in [-0.25, -0.2) is 0 Å². The molecule has 0 N–H and O–H groups in total. The number of aryl methyl sites for hydroxylation is 1. The Kier molecular flexibility index (Phi) is 2.24. The molecule has 0 saturated heterocycles. The van der Waals surface area contributed by atoms with Crippen LogP contribution in [0.25, 0.3) is 0 Å². The molecule has 1 aromatic rings. The van der Waals surface area contributed by atoms with Crippen LogP contribution < -0.4 is 0 Å². The van der Waals surface area contributed by atoms with Crippen LogP contribution in [0.2, 0.25) is 0 Å². The summed E-state index contributed by atoms with van der Waals surface area (Å²) in [5.41, 5.74) is 2.16. The van der Waals surface area contributed by atoms with Crippen molar-refractivity contribution in [1.82, 2.24) is 0 Å². The highest BCUT2D eigenvalue weighted by molar-refractivity contribution is 7.10. The Hall–Kier alpha value is -0.630. The number of carbonyl (C=O) groups excluding carboxylic acids is 1. The predicted octanol–water partition coefficient (Wildman–Crippen LogP) is 3.35. The summed E-state index contributed by atoms with van der Waals surface area (Å²) in [5, 5.41) is 2.01. The van der Waals surface area contributed by atoms with Gasteiger partial charge in [0.25, 0.3) is 0 Å². The number of hydrogen-bond acceptors (Lipinski definition) is 2. The molecule has 0 radical (unpaired) electrons. The van der Waals surface area contributed by atoms with Crippen molar-refractivity contribution >= 4 is 17.1 Å². The zero-order valence-electron chi connectivity index (χ0n) is 8.09. The summed E-state index contributed by atoms with van der Waals surface area (Å²) < 4.78 is 0. The van der Waals surface area contributed by atoms with Crippen LogP contribution in [0, 0.1) is 19.8 Å². The second kappa shape index (κ2) is 3.26. The van der Waals surface area contributed by atoms with Crippen molar-refractivity contribution in [2.75, 3.05) is 0 Å². The summed E-state index contributed by atoms with van der Waals surface area (Å²) in [7, 11) is 0. The van der Waals surface area contributed by atoms with E-state index in [1.165, 1.54) is 23.3 Å². The van der Waals surface area contributed by atoms with E-state index >= 15 is 0 Å². The molecule has 0 unspecified atom stereocenters. The average Bonchev–Trinajstić information content (AvgIpc) is 2.82. The van der Waals surface area contributed by atoms with Crippen LogP contribution in [-0.2, 0) is 0 Å². The number of thiophene rings is 1. The predicted molar refractivity (Wildman–Crippen MR) is 55.5 cm³/mol. The van der Waals surface area contributed by atoms with E-state index in [4.69, 9.17) is 0 Å². The Morgan fingerprint density at radius 1 is 1.54 bits per heavy atom. The molecule has 1 aliphatic carbocycles. The third-order valence-electron chi connectivity index (χ3n) is 2.76. The smallest absolute Gasteiger partial charge is 0.164 e. The van der Waals surface area contributed by atoms with Crippen molar-refractivity contribution in [3.8, 4) is 0 Å². The molecule has 2 heteroatoms. The molecule has 0 amide bonds. The van der Waals surface area contributed by atoms with E-state index in [1.807, 2.05) is 12.3 Å². The van der Waals surface area contributed by atoms with Gasteiger partial charge in [0.05, 0.1) is 0 Å². The molecule has 0 bridgehead atoms. The molecule has 1 fully saturated rings. The van der Waals surface area contributed by atoms with Crippen LogP contribution in [0.1, 0.15) is 40.1 Å². The number of Topliss-reactive ketones (excluding diaryl/α,β-unsaturated/α-hetero) is 1. The molecule has 70 valence electrons. The molecule has 0 aromatic carbocycles. The Morgan fingerprint density at radius 3 is 2.69 bits per heavy atom. The zero-order chi connectivity index (χ0) is 9.42. The summed E-state index contributed by atoms with van der Waals surface area (Å²) in [4.78, 5) is 13.0. The van der Waals surface area contributed by atoms with Gasteiger partial charge in [-0.1, -0.05) is 0 Å². The highest BCUT2D eigenvalue weighted by Crippen LogP contribution is 2.34. The van der Waals surface area contributed by atoms with Gasteiger partial charge in [0, 0.05) is 22.2 Å². The molecule has 0 aliphatic heterocycles. The van der Waals surface area contributed by atoms with Crippen LogP contribution in [0.4, 0.5) is 0 Å². The lowest BCUT2D eigenvalue weighted by Crippen LogP contribution is -2.00. The fraction of sp³-hybridized carbons (Fsp3) is 0.545. The highest BCUT2D eigenvalue weighted by Gasteiger charge is 2.25. The van der Waals surface area contributed by atoms with Gasteiger partial charge in [-0.2, -0.15) is 0 Å². The van der Waals surface area contributed by atoms with Gasteiger partial charge in [-0.05, 0) is 38.2 Å². The van der Waals surface area contributed by atoms with Crippen molar-refractivity contribution < 1.29 is 4.79 Å². The molecule has 1 aliphatic rings. The van der Waals surface area contributed by atoms with Crippen LogP contribution in [0.15, 0.2) is 5.38 Å². The monoisotopic (exact) mass is 194 g/mol. The van der Waals surface area contributed by atoms with Gasteiger partial charge in [0.15, 0.2) is 5.78 Å². The lowest BCUT2D eigenvalue weighted by atomic mass is 10.0. The number of ketones is 1. The average molecular weight is 194 g/mol. The Labute approximate surface area is 82.8 Å². The van der Waals surface area contributed by atoms with Crippen molar-refractivity contribution in [1.29, 1.82) is 0 Å². The van der Waals surface area contributed by atoms with Crippen molar-refractivity contribution in [3.05, 3.63) is 21.4 Å². The van der Waals surface area contributed by atoms with E-state index in [0.717, 1.165) is 12.0 Å². The van der Waals surface area contributed by atoms with Gasteiger partial charge in [0.2, 0.25) is 0 Å². The van der Waals surface area contributed by atoms with E-state index in [9.17, 15) is 4.79 Å². The number of rotatable bonds is 3.